The molecule has 1 atom stereocenters. The number of alkyl halides is 3. The van der Waals surface area contributed by atoms with Gasteiger partial charge in [0, 0.05) is 19.7 Å². The van der Waals surface area contributed by atoms with E-state index in [0.717, 1.165) is 6.54 Å². The topological polar surface area (TPSA) is 24.5 Å². The molecule has 1 unspecified atom stereocenters. The first-order chi connectivity index (χ1) is 7.94. The zero-order valence-corrected chi connectivity index (χ0v) is 10.8. The number of ether oxygens (including phenoxy) is 1. The summed E-state index contributed by atoms with van der Waals surface area (Å²) in [5.41, 5.74) is 0. The Labute approximate surface area is 101 Å². The van der Waals surface area contributed by atoms with Gasteiger partial charge in [-0.3, -0.25) is 4.90 Å². The first-order valence-electron chi connectivity index (χ1n) is 5.95. The van der Waals surface area contributed by atoms with E-state index in [-0.39, 0.29) is 6.04 Å². The molecule has 104 valence electrons. The van der Waals surface area contributed by atoms with Crippen molar-refractivity contribution in [3.8, 4) is 0 Å². The summed E-state index contributed by atoms with van der Waals surface area (Å²) < 4.78 is 42.3. The summed E-state index contributed by atoms with van der Waals surface area (Å²) in [6, 6.07) is -0.235. The van der Waals surface area contributed by atoms with Crippen molar-refractivity contribution in [1.29, 1.82) is 0 Å². The Morgan fingerprint density at radius 1 is 1.29 bits per heavy atom. The van der Waals surface area contributed by atoms with Crippen molar-refractivity contribution in [1.82, 2.24) is 10.2 Å². The molecular formula is C11H23F3N2O. The van der Waals surface area contributed by atoms with Gasteiger partial charge < -0.3 is 10.1 Å². The van der Waals surface area contributed by atoms with Gasteiger partial charge in [0.15, 0.2) is 0 Å². The molecule has 17 heavy (non-hydrogen) atoms. The monoisotopic (exact) mass is 256 g/mol. The maximum absolute atomic E-state index is 12.4. The van der Waals surface area contributed by atoms with E-state index in [1.807, 2.05) is 13.8 Å². The Kier molecular flexibility index (Phi) is 8.55. The van der Waals surface area contributed by atoms with Crippen molar-refractivity contribution in [3.05, 3.63) is 0 Å². The minimum Gasteiger partial charge on any atom is -0.383 e. The van der Waals surface area contributed by atoms with Crippen LogP contribution in [0.25, 0.3) is 0 Å². The van der Waals surface area contributed by atoms with Crippen molar-refractivity contribution in [3.63, 3.8) is 0 Å². The summed E-state index contributed by atoms with van der Waals surface area (Å²) in [4.78, 5) is 1.44. The van der Waals surface area contributed by atoms with Gasteiger partial charge in [-0.2, -0.15) is 13.2 Å². The number of methoxy groups -OCH3 is 1. The molecule has 0 heterocycles. The molecule has 0 aromatic heterocycles. The summed E-state index contributed by atoms with van der Waals surface area (Å²) in [6.07, 6.45) is -3.46. The van der Waals surface area contributed by atoms with Crippen molar-refractivity contribution >= 4 is 0 Å². The second-order valence-electron chi connectivity index (χ2n) is 4.00. The van der Waals surface area contributed by atoms with E-state index in [2.05, 4.69) is 5.32 Å². The Morgan fingerprint density at radius 3 is 2.35 bits per heavy atom. The molecule has 0 aliphatic rings. The molecule has 0 saturated heterocycles. The fourth-order valence-corrected chi connectivity index (χ4v) is 1.70. The second-order valence-corrected chi connectivity index (χ2v) is 4.00. The first-order valence-corrected chi connectivity index (χ1v) is 5.95. The predicted octanol–water partition coefficient (Wildman–Crippen LogP) is 1.89. The quantitative estimate of drug-likeness (QED) is 0.682. The normalized spacial score (nSPS) is 14.3. The van der Waals surface area contributed by atoms with Gasteiger partial charge in [0.2, 0.25) is 0 Å². The van der Waals surface area contributed by atoms with E-state index in [1.165, 1.54) is 12.0 Å². The molecule has 0 spiro atoms. The van der Waals surface area contributed by atoms with Gasteiger partial charge in [-0.1, -0.05) is 13.8 Å². The lowest BCUT2D eigenvalue weighted by Gasteiger charge is -2.31. The van der Waals surface area contributed by atoms with Gasteiger partial charge in [0.25, 0.3) is 0 Å². The van der Waals surface area contributed by atoms with E-state index in [9.17, 15) is 13.2 Å². The lowest BCUT2D eigenvalue weighted by atomic mass is 10.2. The third-order valence-electron chi connectivity index (χ3n) is 2.40. The van der Waals surface area contributed by atoms with Gasteiger partial charge in [-0.15, -0.1) is 0 Å². The van der Waals surface area contributed by atoms with Crippen LogP contribution >= 0.6 is 0 Å². The predicted molar refractivity (Wildman–Crippen MR) is 62.1 cm³/mol. The lowest BCUT2D eigenvalue weighted by Crippen LogP contribution is -2.49. The molecule has 0 aliphatic heterocycles. The van der Waals surface area contributed by atoms with E-state index >= 15 is 0 Å². The maximum Gasteiger partial charge on any atom is 0.401 e. The van der Waals surface area contributed by atoms with Crippen molar-refractivity contribution in [2.75, 3.05) is 39.9 Å². The highest BCUT2D eigenvalue weighted by atomic mass is 19.4. The lowest BCUT2D eigenvalue weighted by molar-refractivity contribution is -0.152. The van der Waals surface area contributed by atoms with E-state index in [0.29, 0.717) is 26.1 Å². The minimum atomic E-state index is -4.16. The average molecular weight is 256 g/mol. The Balaban J connectivity index is 4.45. The Hall–Kier alpha value is -0.330. The number of halogens is 3. The van der Waals surface area contributed by atoms with Crippen molar-refractivity contribution < 1.29 is 17.9 Å². The summed E-state index contributed by atoms with van der Waals surface area (Å²) in [7, 11) is 1.51. The van der Waals surface area contributed by atoms with Gasteiger partial charge in [-0.25, -0.2) is 0 Å². The standard InChI is InChI=1S/C11H23F3N2O/c1-4-6-16(9-11(12,13)14)10(8-17-3)7-15-5-2/h10,15H,4-9H2,1-3H3. The van der Waals surface area contributed by atoms with Gasteiger partial charge in [-0.05, 0) is 19.5 Å². The summed E-state index contributed by atoms with van der Waals surface area (Å²) in [5, 5.41) is 3.07. The van der Waals surface area contributed by atoms with Crippen LogP contribution in [0.2, 0.25) is 0 Å². The fraction of sp³-hybridized carbons (Fsp3) is 1.00. The second kappa shape index (κ2) is 8.72. The molecular weight excluding hydrogens is 233 g/mol. The van der Waals surface area contributed by atoms with Crippen LogP contribution in [-0.2, 0) is 4.74 Å². The smallest absolute Gasteiger partial charge is 0.383 e. The Morgan fingerprint density at radius 2 is 1.94 bits per heavy atom. The van der Waals surface area contributed by atoms with Crippen LogP contribution in [0.1, 0.15) is 20.3 Å². The van der Waals surface area contributed by atoms with Crippen LogP contribution in [0.15, 0.2) is 0 Å². The molecule has 0 aromatic carbocycles. The number of nitrogens with zero attached hydrogens (tertiary/aromatic N) is 1. The highest BCUT2D eigenvalue weighted by Gasteiger charge is 2.33. The number of hydrogen-bond donors (Lipinski definition) is 1. The van der Waals surface area contributed by atoms with Crippen LogP contribution in [-0.4, -0.2) is 57.0 Å². The van der Waals surface area contributed by atoms with Crippen LogP contribution < -0.4 is 5.32 Å². The molecule has 0 aromatic rings. The average Bonchev–Trinajstić information content (AvgIpc) is 2.22. The highest BCUT2D eigenvalue weighted by molar-refractivity contribution is 4.76. The largest absolute Gasteiger partial charge is 0.401 e. The summed E-state index contributed by atoms with van der Waals surface area (Å²) >= 11 is 0. The molecule has 1 N–H and O–H groups in total. The van der Waals surface area contributed by atoms with Crippen LogP contribution in [0.3, 0.4) is 0 Å². The number of rotatable bonds is 9. The third-order valence-corrected chi connectivity index (χ3v) is 2.40. The molecule has 0 rings (SSSR count). The fourth-order valence-electron chi connectivity index (χ4n) is 1.70. The zero-order valence-electron chi connectivity index (χ0n) is 10.8. The molecule has 0 fully saturated rings. The van der Waals surface area contributed by atoms with E-state index < -0.39 is 12.7 Å². The third kappa shape index (κ3) is 8.40. The molecule has 3 nitrogen and oxygen atoms in total. The first kappa shape index (κ1) is 16.7. The minimum absolute atomic E-state index is 0.235. The van der Waals surface area contributed by atoms with Crippen LogP contribution in [0.4, 0.5) is 13.2 Å². The molecule has 6 heteroatoms. The molecule has 0 bridgehead atoms. The van der Waals surface area contributed by atoms with Crippen LogP contribution in [0, 0.1) is 0 Å². The highest BCUT2D eigenvalue weighted by Crippen LogP contribution is 2.18. The van der Waals surface area contributed by atoms with E-state index in [1.54, 1.807) is 0 Å². The van der Waals surface area contributed by atoms with Gasteiger partial charge >= 0.3 is 6.18 Å². The SMILES string of the molecule is CCCN(CC(F)(F)F)C(CNCC)COC. The van der Waals surface area contributed by atoms with Crippen molar-refractivity contribution in [2.24, 2.45) is 0 Å². The molecule has 0 amide bonds. The molecule has 0 aliphatic carbocycles. The van der Waals surface area contributed by atoms with Gasteiger partial charge in [0.1, 0.15) is 0 Å². The summed E-state index contributed by atoms with van der Waals surface area (Å²) in [6.45, 7) is 4.92. The van der Waals surface area contributed by atoms with Crippen molar-refractivity contribution in [2.45, 2.75) is 32.5 Å². The Bertz CT molecular complexity index is 188. The number of nitrogens with one attached hydrogen (secondary N) is 1. The molecule has 0 saturated carbocycles. The van der Waals surface area contributed by atoms with Gasteiger partial charge in [0.05, 0.1) is 13.2 Å². The number of hydrogen-bond acceptors (Lipinski definition) is 3. The zero-order chi connectivity index (χ0) is 13.3. The summed E-state index contributed by atoms with van der Waals surface area (Å²) in [5.74, 6) is 0. The number of likely N-dealkylation sites (N-methyl/N-ethyl adjacent to an activating group) is 1. The van der Waals surface area contributed by atoms with E-state index in [4.69, 9.17) is 4.74 Å². The maximum atomic E-state index is 12.4. The molecule has 0 radical (unpaired) electrons. The van der Waals surface area contributed by atoms with Crippen LogP contribution in [0.5, 0.6) is 0 Å².